The second-order valence-corrected chi connectivity index (χ2v) is 3.07. The van der Waals surface area contributed by atoms with E-state index in [2.05, 4.69) is 6.92 Å². The Kier molecular flexibility index (Phi) is 3.34. The number of amides is 2. The van der Waals surface area contributed by atoms with E-state index in [0.29, 0.717) is 19.7 Å². The van der Waals surface area contributed by atoms with Gasteiger partial charge in [0.15, 0.2) is 0 Å². The minimum absolute atomic E-state index is 0.191. The molecule has 4 nitrogen and oxygen atoms in total. The molecule has 2 N–H and O–H groups in total. The second kappa shape index (κ2) is 4.30. The van der Waals surface area contributed by atoms with E-state index in [4.69, 9.17) is 10.5 Å². The van der Waals surface area contributed by atoms with Crippen LogP contribution in [0.25, 0.3) is 0 Å². The zero-order chi connectivity index (χ0) is 8.97. The third-order valence-electron chi connectivity index (χ3n) is 2.06. The molecule has 1 atom stereocenters. The average Bonchev–Trinajstić information content (AvgIpc) is 2.05. The van der Waals surface area contributed by atoms with Gasteiger partial charge in [0.2, 0.25) is 0 Å². The fourth-order valence-electron chi connectivity index (χ4n) is 1.42. The lowest BCUT2D eigenvalue weighted by molar-refractivity contribution is -0.0168. The van der Waals surface area contributed by atoms with Crippen molar-refractivity contribution in [2.45, 2.75) is 25.9 Å². The van der Waals surface area contributed by atoms with Crippen LogP contribution in [0.2, 0.25) is 0 Å². The summed E-state index contributed by atoms with van der Waals surface area (Å²) < 4.78 is 5.45. The Labute approximate surface area is 72.7 Å². The van der Waals surface area contributed by atoms with Crippen LogP contribution in [0.1, 0.15) is 19.8 Å². The van der Waals surface area contributed by atoms with E-state index >= 15 is 0 Å². The molecule has 1 aliphatic rings. The molecule has 1 heterocycles. The standard InChI is InChI=1S/C8H16N2O2/c1-2-3-7-6-10(8(9)11)4-5-12-7/h7H,2-6H2,1H3,(H2,9,11). The Balaban J connectivity index is 2.35. The molecule has 1 rings (SSSR count). The first-order valence-electron chi connectivity index (χ1n) is 4.40. The van der Waals surface area contributed by atoms with Gasteiger partial charge in [-0.3, -0.25) is 0 Å². The number of nitrogens with two attached hydrogens (primary N) is 1. The van der Waals surface area contributed by atoms with Crippen molar-refractivity contribution in [1.29, 1.82) is 0 Å². The maximum atomic E-state index is 10.8. The number of nitrogens with zero attached hydrogens (tertiary/aromatic N) is 1. The summed E-state index contributed by atoms with van der Waals surface area (Å²) in [5, 5.41) is 0. The smallest absolute Gasteiger partial charge is 0.314 e. The summed E-state index contributed by atoms with van der Waals surface area (Å²) in [6.45, 7) is 4.01. The van der Waals surface area contributed by atoms with Crippen LogP contribution in [-0.4, -0.2) is 36.7 Å². The highest BCUT2D eigenvalue weighted by molar-refractivity contribution is 5.72. The molecule has 0 aromatic heterocycles. The van der Waals surface area contributed by atoms with Gasteiger partial charge in [-0.2, -0.15) is 0 Å². The van der Waals surface area contributed by atoms with E-state index in [0.717, 1.165) is 12.8 Å². The Bertz CT molecular complexity index is 159. The van der Waals surface area contributed by atoms with Gasteiger partial charge < -0.3 is 15.4 Å². The number of carbonyl (C=O) groups excluding carboxylic acids is 1. The van der Waals surface area contributed by atoms with Crippen LogP contribution in [0.5, 0.6) is 0 Å². The molecular formula is C8H16N2O2. The van der Waals surface area contributed by atoms with Gasteiger partial charge in [-0.05, 0) is 6.42 Å². The molecule has 0 bridgehead atoms. The minimum atomic E-state index is -0.334. The highest BCUT2D eigenvalue weighted by Gasteiger charge is 2.21. The summed E-state index contributed by atoms with van der Waals surface area (Å²) in [5.74, 6) is 0. The van der Waals surface area contributed by atoms with Crippen molar-refractivity contribution in [1.82, 2.24) is 4.90 Å². The van der Waals surface area contributed by atoms with E-state index in [-0.39, 0.29) is 12.1 Å². The molecule has 0 radical (unpaired) electrons. The Morgan fingerprint density at radius 3 is 3.08 bits per heavy atom. The quantitative estimate of drug-likeness (QED) is 0.662. The summed E-state index contributed by atoms with van der Waals surface area (Å²) >= 11 is 0. The summed E-state index contributed by atoms with van der Waals surface area (Å²) in [6.07, 6.45) is 2.28. The molecule has 1 fully saturated rings. The lowest BCUT2D eigenvalue weighted by atomic mass is 10.2. The summed E-state index contributed by atoms with van der Waals surface area (Å²) in [6, 6.07) is -0.334. The molecule has 2 amide bonds. The maximum Gasteiger partial charge on any atom is 0.314 e. The normalized spacial score (nSPS) is 24.1. The van der Waals surface area contributed by atoms with E-state index in [9.17, 15) is 4.79 Å². The molecule has 0 spiro atoms. The predicted molar refractivity (Wildman–Crippen MR) is 45.8 cm³/mol. The number of hydrogen-bond acceptors (Lipinski definition) is 2. The molecule has 0 aliphatic carbocycles. The first-order chi connectivity index (χ1) is 5.74. The molecule has 0 aromatic carbocycles. The SMILES string of the molecule is CCCC1CN(C(N)=O)CCO1. The molecule has 0 aromatic rings. The number of morpholine rings is 1. The number of urea groups is 1. The van der Waals surface area contributed by atoms with Gasteiger partial charge in [0.1, 0.15) is 0 Å². The topological polar surface area (TPSA) is 55.6 Å². The van der Waals surface area contributed by atoms with Crippen LogP contribution in [0.3, 0.4) is 0 Å². The molecular weight excluding hydrogens is 156 g/mol. The molecule has 1 saturated heterocycles. The van der Waals surface area contributed by atoms with Crippen molar-refractivity contribution in [3.05, 3.63) is 0 Å². The van der Waals surface area contributed by atoms with Gasteiger partial charge in [0, 0.05) is 13.1 Å². The first-order valence-corrected chi connectivity index (χ1v) is 4.40. The Morgan fingerprint density at radius 2 is 2.50 bits per heavy atom. The largest absolute Gasteiger partial charge is 0.375 e. The minimum Gasteiger partial charge on any atom is -0.375 e. The van der Waals surface area contributed by atoms with E-state index < -0.39 is 0 Å². The monoisotopic (exact) mass is 172 g/mol. The van der Waals surface area contributed by atoms with Crippen molar-refractivity contribution in [3.8, 4) is 0 Å². The van der Waals surface area contributed by atoms with Crippen LogP contribution in [0, 0.1) is 0 Å². The highest BCUT2D eigenvalue weighted by Crippen LogP contribution is 2.09. The van der Waals surface area contributed by atoms with E-state index in [1.54, 1.807) is 4.90 Å². The van der Waals surface area contributed by atoms with Crippen molar-refractivity contribution < 1.29 is 9.53 Å². The van der Waals surface area contributed by atoms with Gasteiger partial charge in [0.25, 0.3) is 0 Å². The number of primary amides is 1. The van der Waals surface area contributed by atoms with Crippen molar-refractivity contribution in [2.75, 3.05) is 19.7 Å². The second-order valence-electron chi connectivity index (χ2n) is 3.07. The number of ether oxygens (including phenoxy) is 1. The lowest BCUT2D eigenvalue weighted by Crippen LogP contribution is -2.47. The van der Waals surface area contributed by atoms with Crippen molar-refractivity contribution >= 4 is 6.03 Å². The molecule has 1 aliphatic heterocycles. The first kappa shape index (κ1) is 9.32. The summed E-state index contributed by atoms with van der Waals surface area (Å²) in [4.78, 5) is 12.4. The summed E-state index contributed by atoms with van der Waals surface area (Å²) in [5.41, 5.74) is 5.16. The third-order valence-corrected chi connectivity index (χ3v) is 2.06. The zero-order valence-corrected chi connectivity index (χ0v) is 7.45. The van der Waals surface area contributed by atoms with Crippen molar-refractivity contribution in [3.63, 3.8) is 0 Å². The fourth-order valence-corrected chi connectivity index (χ4v) is 1.42. The highest BCUT2D eigenvalue weighted by atomic mass is 16.5. The van der Waals surface area contributed by atoms with Gasteiger partial charge in [-0.15, -0.1) is 0 Å². The van der Waals surface area contributed by atoms with Crippen LogP contribution < -0.4 is 5.73 Å². The van der Waals surface area contributed by atoms with Crippen molar-refractivity contribution in [2.24, 2.45) is 5.73 Å². The summed E-state index contributed by atoms with van der Waals surface area (Å²) in [7, 11) is 0. The van der Waals surface area contributed by atoms with Crippen LogP contribution in [0.4, 0.5) is 4.79 Å². The fraction of sp³-hybridized carbons (Fsp3) is 0.875. The number of carbonyl (C=O) groups is 1. The predicted octanol–water partition coefficient (Wildman–Crippen LogP) is 0.566. The van der Waals surface area contributed by atoms with Gasteiger partial charge >= 0.3 is 6.03 Å². The Hall–Kier alpha value is -0.770. The van der Waals surface area contributed by atoms with E-state index in [1.165, 1.54) is 0 Å². The number of rotatable bonds is 2. The molecule has 70 valence electrons. The molecule has 1 unspecified atom stereocenters. The average molecular weight is 172 g/mol. The lowest BCUT2D eigenvalue weighted by Gasteiger charge is -2.31. The van der Waals surface area contributed by atoms with Crippen LogP contribution in [0.15, 0.2) is 0 Å². The van der Waals surface area contributed by atoms with Gasteiger partial charge in [0.05, 0.1) is 12.7 Å². The third kappa shape index (κ3) is 2.37. The maximum absolute atomic E-state index is 10.8. The number of hydrogen-bond donors (Lipinski definition) is 1. The van der Waals surface area contributed by atoms with Gasteiger partial charge in [-0.25, -0.2) is 4.79 Å². The Morgan fingerprint density at radius 1 is 1.75 bits per heavy atom. The van der Waals surface area contributed by atoms with Gasteiger partial charge in [-0.1, -0.05) is 13.3 Å². The molecule has 0 saturated carbocycles. The molecule has 4 heteroatoms. The van der Waals surface area contributed by atoms with Crippen LogP contribution >= 0.6 is 0 Å². The molecule has 12 heavy (non-hydrogen) atoms. The van der Waals surface area contributed by atoms with E-state index in [1.807, 2.05) is 0 Å². The van der Waals surface area contributed by atoms with Crippen LogP contribution in [-0.2, 0) is 4.74 Å². The zero-order valence-electron chi connectivity index (χ0n) is 7.45.